The molecule has 3 N–H and O–H groups in total. The third-order valence-electron chi connectivity index (χ3n) is 11.4. The van der Waals surface area contributed by atoms with Crippen molar-refractivity contribution in [2.45, 2.75) is 53.8 Å². The summed E-state index contributed by atoms with van der Waals surface area (Å²) in [4.78, 5) is 17.0. The van der Waals surface area contributed by atoms with E-state index < -0.39 is 6.17 Å². The zero-order valence-corrected chi connectivity index (χ0v) is 32.1. The third kappa shape index (κ3) is 6.94. The smallest absolute Gasteiger partial charge is 0.150 e. The maximum absolute atomic E-state index is 11.3. The Bertz CT molecular complexity index is 2550. The highest BCUT2D eigenvalue weighted by molar-refractivity contribution is 8.00. The van der Waals surface area contributed by atoms with Gasteiger partial charge in [-0.25, -0.2) is 15.0 Å². The van der Waals surface area contributed by atoms with Gasteiger partial charge in [0, 0.05) is 44.2 Å². The highest BCUT2D eigenvalue weighted by Crippen LogP contribution is 2.51. The van der Waals surface area contributed by atoms with Crippen molar-refractivity contribution >= 4 is 29.3 Å². The highest BCUT2D eigenvalue weighted by atomic mass is 32.2. The molecule has 10 rings (SSSR count). The van der Waals surface area contributed by atoms with Crippen molar-refractivity contribution in [1.82, 2.24) is 16.0 Å². The quantitative estimate of drug-likeness (QED) is 0.144. The molecule has 0 radical (unpaired) electrons. The van der Waals surface area contributed by atoms with Crippen molar-refractivity contribution in [2.75, 3.05) is 0 Å². The number of rotatable bonds is 7. The molecule has 278 valence electrons. The van der Waals surface area contributed by atoms with E-state index in [0.717, 1.165) is 69.9 Å². The largest absolute Gasteiger partial charge is 0.350 e. The first-order valence-electron chi connectivity index (χ1n) is 19.8. The summed E-state index contributed by atoms with van der Waals surface area (Å²) >= 11 is 1.97. The summed E-state index contributed by atoms with van der Waals surface area (Å²) in [6, 6.07) is 44.6. The van der Waals surface area contributed by atoms with Gasteiger partial charge in [-0.15, -0.1) is 11.8 Å². The van der Waals surface area contributed by atoms with Crippen molar-refractivity contribution < 1.29 is 0 Å². The molecule has 57 heavy (non-hydrogen) atoms. The molecule has 3 heterocycles. The molecule has 6 atom stereocenters. The number of thioether (sulfide) groups is 1. The Morgan fingerprint density at radius 2 is 1.40 bits per heavy atom. The number of hydrogen-bond acceptors (Lipinski definition) is 8. The predicted molar refractivity (Wildman–Crippen MR) is 231 cm³/mol. The SMILES string of the molecule is N#Cc1c(C2=NC(C3C=CC=CC3)N=C(c3ccccc3)N2)cc(-c2ccc3c(c2)C2CCC=CC2S3)cc1C1NC(c2ccccc2)=NC(c2ccccc2)N1. The molecule has 5 aliphatic rings. The van der Waals surface area contributed by atoms with Gasteiger partial charge in [0.25, 0.3) is 0 Å². The first kappa shape index (κ1) is 35.2. The van der Waals surface area contributed by atoms with Gasteiger partial charge in [-0.3, -0.25) is 5.32 Å². The Morgan fingerprint density at radius 3 is 2.16 bits per heavy atom. The van der Waals surface area contributed by atoms with Gasteiger partial charge in [0.2, 0.25) is 0 Å². The summed E-state index contributed by atoms with van der Waals surface area (Å²) < 4.78 is 0. The van der Waals surface area contributed by atoms with Crippen LogP contribution in [0.4, 0.5) is 0 Å². The normalized spacial score (nSPS) is 24.5. The number of nitrogens with zero attached hydrogens (tertiary/aromatic N) is 4. The molecule has 6 unspecified atom stereocenters. The fraction of sp³-hybridized carbons (Fsp3) is 0.184. The Hall–Kier alpha value is -6.27. The Kier molecular flexibility index (Phi) is 9.47. The summed E-state index contributed by atoms with van der Waals surface area (Å²) in [6.07, 6.45) is 15.2. The van der Waals surface area contributed by atoms with Gasteiger partial charge in [-0.05, 0) is 65.8 Å². The lowest BCUT2D eigenvalue weighted by Crippen LogP contribution is -2.45. The highest BCUT2D eigenvalue weighted by Gasteiger charge is 2.35. The van der Waals surface area contributed by atoms with Crippen LogP contribution in [-0.2, 0) is 0 Å². The van der Waals surface area contributed by atoms with Gasteiger partial charge in [-0.1, -0.05) is 134 Å². The molecule has 7 nitrogen and oxygen atoms in total. The van der Waals surface area contributed by atoms with Crippen LogP contribution in [0.3, 0.4) is 0 Å². The van der Waals surface area contributed by atoms with Crippen molar-refractivity contribution in [3.05, 3.63) is 197 Å². The summed E-state index contributed by atoms with van der Waals surface area (Å²) in [5.41, 5.74) is 8.66. The van der Waals surface area contributed by atoms with Crippen LogP contribution in [0.5, 0.6) is 0 Å². The number of nitriles is 1. The van der Waals surface area contributed by atoms with Crippen LogP contribution in [0.15, 0.2) is 178 Å². The topological polar surface area (TPSA) is 97.0 Å². The number of fused-ring (bicyclic) bond motifs is 3. The van der Waals surface area contributed by atoms with Crippen LogP contribution in [0.2, 0.25) is 0 Å². The van der Waals surface area contributed by atoms with Gasteiger partial charge in [0.1, 0.15) is 35.9 Å². The molecule has 8 heteroatoms. The van der Waals surface area contributed by atoms with Gasteiger partial charge >= 0.3 is 0 Å². The van der Waals surface area contributed by atoms with Crippen molar-refractivity contribution in [3.63, 3.8) is 0 Å². The van der Waals surface area contributed by atoms with Crippen LogP contribution in [0.1, 0.15) is 76.5 Å². The van der Waals surface area contributed by atoms with Crippen LogP contribution < -0.4 is 16.0 Å². The van der Waals surface area contributed by atoms with E-state index in [4.69, 9.17) is 15.0 Å². The summed E-state index contributed by atoms with van der Waals surface area (Å²) in [5.74, 6) is 2.73. The molecule has 0 aromatic heterocycles. The molecule has 3 aliphatic heterocycles. The minimum Gasteiger partial charge on any atom is -0.350 e. The number of aliphatic imine (C=N–C) groups is 3. The van der Waals surface area contributed by atoms with Crippen molar-refractivity contribution in [1.29, 1.82) is 5.26 Å². The zero-order valence-electron chi connectivity index (χ0n) is 31.3. The molecule has 0 bridgehead atoms. The van der Waals surface area contributed by atoms with E-state index in [-0.39, 0.29) is 18.2 Å². The summed E-state index contributed by atoms with van der Waals surface area (Å²) in [6.45, 7) is 0. The number of allylic oxidation sites excluding steroid dienone is 4. The van der Waals surface area contributed by atoms with Crippen molar-refractivity contribution in [2.24, 2.45) is 20.9 Å². The van der Waals surface area contributed by atoms with Crippen molar-refractivity contribution in [3.8, 4) is 17.2 Å². The zero-order chi connectivity index (χ0) is 38.1. The summed E-state index contributed by atoms with van der Waals surface area (Å²) in [7, 11) is 0. The van der Waals surface area contributed by atoms with Gasteiger partial charge in [-0.2, -0.15) is 5.26 Å². The van der Waals surface area contributed by atoms with E-state index in [1.807, 2.05) is 66.4 Å². The van der Waals surface area contributed by atoms with E-state index in [1.165, 1.54) is 10.5 Å². The van der Waals surface area contributed by atoms with Crippen LogP contribution in [0.25, 0.3) is 11.1 Å². The predicted octanol–water partition coefficient (Wildman–Crippen LogP) is 9.73. The Labute approximate surface area is 337 Å². The molecule has 0 amide bonds. The lowest BCUT2D eigenvalue weighted by Gasteiger charge is -2.33. The Balaban J connectivity index is 1.14. The fourth-order valence-electron chi connectivity index (χ4n) is 8.53. The second-order valence-corrected chi connectivity index (χ2v) is 16.2. The monoisotopic (exact) mass is 759 g/mol. The molecule has 0 saturated heterocycles. The molecule has 0 saturated carbocycles. The van der Waals surface area contributed by atoms with Gasteiger partial charge in [0.15, 0.2) is 6.17 Å². The summed E-state index contributed by atoms with van der Waals surface area (Å²) in [5, 5.41) is 22.9. The molecule has 2 aliphatic carbocycles. The lowest BCUT2D eigenvalue weighted by atomic mass is 9.85. The van der Waals surface area contributed by atoms with Crippen LogP contribution >= 0.6 is 11.8 Å². The maximum atomic E-state index is 11.3. The van der Waals surface area contributed by atoms with E-state index >= 15 is 0 Å². The lowest BCUT2D eigenvalue weighted by molar-refractivity contribution is 0.408. The van der Waals surface area contributed by atoms with E-state index in [9.17, 15) is 5.26 Å². The molecule has 0 spiro atoms. The first-order valence-corrected chi connectivity index (χ1v) is 20.6. The van der Waals surface area contributed by atoms with Crippen LogP contribution in [-0.4, -0.2) is 28.9 Å². The third-order valence-corrected chi connectivity index (χ3v) is 12.8. The van der Waals surface area contributed by atoms with E-state index in [2.05, 4.69) is 125 Å². The minimum atomic E-state index is -0.456. The second kappa shape index (κ2) is 15.3. The minimum absolute atomic E-state index is 0.0867. The van der Waals surface area contributed by atoms with Gasteiger partial charge in [0.05, 0.1) is 5.56 Å². The molecule has 5 aromatic carbocycles. The standard InChI is InChI=1S/C49H41N7S/c50-30-41-39(48-53-44(31-15-5-1-6-16-31)51-45(54-48)32-17-7-2-8-18-32)28-36(35-25-26-43-38(27-35)37-23-13-14-24-42(37)57-43)29-40(41)49-55-46(33-19-9-3-10-20-33)52-47(56-49)34-21-11-4-12-22-34/h1-12,14-21,24-29,34,37,42,44,47-48,53H,13,22-23H2,(H,51,54)(H,52,55,56). The average Bonchev–Trinajstić information content (AvgIpc) is 3.67. The van der Waals surface area contributed by atoms with Crippen LogP contribution in [0, 0.1) is 17.2 Å². The number of amidine groups is 3. The molecule has 0 fully saturated rings. The maximum Gasteiger partial charge on any atom is 0.150 e. The molecular weight excluding hydrogens is 719 g/mol. The second-order valence-electron chi connectivity index (χ2n) is 15.0. The number of nitrogens with one attached hydrogen (secondary N) is 3. The first-order chi connectivity index (χ1) is 28.2. The average molecular weight is 760 g/mol. The van der Waals surface area contributed by atoms with Gasteiger partial charge < -0.3 is 10.6 Å². The molecule has 5 aromatic rings. The fourth-order valence-corrected chi connectivity index (χ4v) is 9.95. The molecular formula is C49H41N7S. The van der Waals surface area contributed by atoms with E-state index in [0.29, 0.717) is 22.6 Å². The number of benzene rings is 5. The Morgan fingerprint density at radius 1 is 0.667 bits per heavy atom. The van der Waals surface area contributed by atoms with E-state index in [1.54, 1.807) is 0 Å². The number of hydrogen-bond donors (Lipinski definition) is 3.